The maximum absolute atomic E-state index is 13.8. The molecular formula is C24H25F3N6O2. The number of fused-ring (bicyclic) bond motifs is 1. The van der Waals surface area contributed by atoms with Crippen molar-refractivity contribution < 1.29 is 17.9 Å². The Bertz CT molecular complexity index is 1290. The third-order valence-electron chi connectivity index (χ3n) is 6.74. The summed E-state index contributed by atoms with van der Waals surface area (Å²) in [6.45, 7) is 1.63. The Hall–Kier alpha value is -3.36. The third kappa shape index (κ3) is 4.51. The Labute approximate surface area is 199 Å². The monoisotopic (exact) mass is 486 g/mol. The molecule has 8 nitrogen and oxygen atoms in total. The standard InChI is InChI=1S/C24H25F3N6O2/c25-24(26,27)21(32-10-1-2-11-32)15-3-5-17(6-4-15)30-22-20-18(7-9-29-23(20)34)33(31-22)19-14-35-12-8-16(19)13-28/h3-7,9,16,19,21H,1-2,8,10-12,14H2,(H,29,34)(H,30,31). The molecule has 35 heavy (non-hydrogen) atoms. The molecule has 2 aromatic heterocycles. The van der Waals surface area contributed by atoms with E-state index in [1.54, 1.807) is 22.9 Å². The summed E-state index contributed by atoms with van der Waals surface area (Å²) in [5, 5.41) is 17.6. The molecule has 0 amide bonds. The highest BCUT2D eigenvalue weighted by atomic mass is 19.4. The summed E-state index contributed by atoms with van der Waals surface area (Å²) in [6.07, 6.45) is -0.777. The molecule has 2 saturated heterocycles. The van der Waals surface area contributed by atoms with Gasteiger partial charge in [0.05, 0.1) is 30.2 Å². The van der Waals surface area contributed by atoms with Gasteiger partial charge in [-0.3, -0.25) is 14.4 Å². The SMILES string of the molecule is N#CC1CCOCC1n1nc(Nc2ccc(C(N3CCCC3)C(F)(F)F)cc2)c2c(=O)[nH]ccc21. The Morgan fingerprint density at radius 1 is 1.20 bits per heavy atom. The number of H-pyrrole nitrogens is 1. The molecule has 2 fully saturated rings. The van der Waals surface area contributed by atoms with Crippen LogP contribution >= 0.6 is 0 Å². The summed E-state index contributed by atoms with van der Waals surface area (Å²) in [6, 6.07) is 8.06. The molecule has 0 saturated carbocycles. The minimum Gasteiger partial charge on any atom is -0.379 e. The molecule has 0 radical (unpaired) electrons. The predicted molar refractivity (Wildman–Crippen MR) is 123 cm³/mol. The number of ether oxygens (including phenoxy) is 1. The van der Waals surface area contributed by atoms with Gasteiger partial charge in [-0.2, -0.15) is 23.5 Å². The first-order valence-electron chi connectivity index (χ1n) is 11.6. The van der Waals surface area contributed by atoms with E-state index in [4.69, 9.17) is 4.74 Å². The van der Waals surface area contributed by atoms with Crippen molar-refractivity contribution in [3.05, 3.63) is 52.4 Å². The van der Waals surface area contributed by atoms with Gasteiger partial charge in [-0.05, 0) is 56.1 Å². The second-order valence-electron chi connectivity index (χ2n) is 8.96. The van der Waals surface area contributed by atoms with Crippen molar-refractivity contribution in [1.29, 1.82) is 5.26 Å². The van der Waals surface area contributed by atoms with Gasteiger partial charge >= 0.3 is 6.18 Å². The minimum atomic E-state index is -4.37. The highest BCUT2D eigenvalue weighted by molar-refractivity contribution is 5.91. The smallest absolute Gasteiger partial charge is 0.379 e. The molecular weight excluding hydrogens is 461 g/mol. The fraction of sp³-hybridized carbons (Fsp3) is 0.458. The van der Waals surface area contributed by atoms with Crippen molar-refractivity contribution in [2.24, 2.45) is 5.92 Å². The number of anilines is 2. The number of pyridine rings is 1. The average Bonchev–Trinajstić information content (AvgIpc) is 3.48. The molecule has 0 bridgehead atoms. The van der Waals surface area contributed by atoms with Gasteiger partial charge in [0.1, 0.15) is 11.4 Å². The van der Waals surface area contributed by atoms with Crippen LogP contribution in [0.1, 0.15) is 36.9 Å². The first-order valence-corrected chi connectivity index (χ1v) is 11.6. The first kappa shape index (κ1) is 23.4. The predicted octanol–water partition coefficient (Wildman–Crippen LogP) is 4.27. The van der Waals surface area contributed by atoms with E-state index in [-0.39, 0.29) is 28.9 Å². The van der Waals surface area contributed by atoms with E-state index in [0.717, 1.165) is 12.8 Å². The number of nitrogens with zero attached hydrogens (tertiary/aromatic N) is 4. The number of halogens is 3. The summed E-state index contributed by atoms with van der Waals surface area (Å²) < 4.78 is 48.7. The Morgan fingerprint density at radius 2 is 1.94 bits per heavy atom. The fourth-order valence-electron chi connectivity index (χ4n) is 5.05. The fourth-order valence-corrected chi connectivity index (χ4v) is 5.05. The average molecular weight is 486 g/mol. The molecule has 3 atom stereocenters. The van der Waals surface area contributed by atoms with Crippen molar-refractivity contribution in [2.45, 2.75) is 37.5 Å². The first-order chi connectivity index (χ1) is 16.9. The van der Waals surface area contributed by atoms with Crippen LogP contribution in [0.5, 0.6) is 0 Å². The molecule has 0 aliphatic carbocycles. The van der Waals surface area contributed by atoms with Crippen LogP contribution in [-0.4, -0.2) is 52.1 Å². The van der Waals surface area contributed by atoms with E-state index in [9.17, 15) is 23.2 Å². The number of nitrogens with one attached hydrogen (secondary N) is 2. The van der Waals surface area contributed by atoms with E-state index in [1.165, 1.54) is 23.2 Å². The van der Waals surface area contributed by atoms with Crippen LogP contribution in [0, 0.1) is 17.2 Å². The zero-order valence-corrected chi connectivity index (χ0v) is 18.9. The summed E-state index contributed by atoms with van der Waals surface area (Å²) >= 11 is 0. The van der Waals surface area contributed by atoms with E-state index < -0.39 is 12.2 Å². The van der Waals surface area contributed by atoms with Crippen molar-refractivity contribution in [1.82, 2.24) is 19.7 Å². The van der Waals surface area contributed by atoms with Crippen LogP contribution in [0.3, 0.4) is 0 Å². The Balaban J connectivity index is 1.47. The van der Waals surface area contributed by atoms with E-state index >= 15 is 0 Å². The van der Waals surface area contributed by atoms with Gasteiger partial charge in [-0.1, -0.05) is 12.1 Å². The van der Waals surface area contributed by atoms with Crippen LogP contribution in [0.4, 0.5) is 24.7 Å². The zero-order valence-electron chi connectivity index (χ0n) is 18.9. The molecule has 11 heteroatoms. The number of hydrogen-bond acceptors (Lipinski definition) is 6. The molecule has 3 aromatic rings. The number of rotatable bonds is 5. The highest BCUT2D eigenvalue weighted by Crippen LogP contribution is 2.40. The maximum atomic E-state index is 13.8. The lowest BCUT2D eigenvalue weighted by Gasteiger charge is -2.29. The molecule has 4 heterocycles. The van der Waals surface area contributed by atoms with Crippen LogP contribution < -0.4 is 10.9 Å². The van der Waals surface area contributed by atoms with Crippen LogP contribution in [0.15, 0.2) is 41.3 Å². The molecule has 2 aliphatic heterocycles. The Morgan fingerprint density at radius 3 is 2.63 bits per heavy atom. The van der Waals surface area contributed by atoms with Crippen molar-refractivity contribution in [2.75, 3.05) is 31.6 Å². The summed E-state index contributed by atoms with van der Waals surface area (Å²) in [7, 11) is 0. The normalized spacial score (nSPS) is 22.2. The lowest BCUT2D eigenvalue weighted by atomic mass is 9.96. The number of likely N-dealkylation sites (tertiary alicyclic amines) is 1. The number of benzene rings is 1. The van der Waals surface area contributed by atoms with Crippen LogP contribution in [-0.2, 0) is 4.74 Å². The van der Waals surface area contributed by atoms with Gasteiger partial charge in [0.15, 0.2) is 5.82 Å². The van der Waals surface area contributed by atoms with Gasteiger partial charge in [0.2, 0.25) is 0 Å². The van der Waals surface area contributed by atoms with E-state index in [2.05, 4.69) is 21.5 Å². The highest BCUT2D eigenvalue weighted by Gasteiger charge is 2.45. The number of alkyl halides is 3. The lowest BCUT2D eigenvalue weighted by Crippen LogP contribution is -2.36. The number of hydrogen-bond donors (Lipinski definition) is 2. The van der Waals surface area contributed by atoms with Gasteiger partial charge in [-0.15, -0.1) is 0 Å². The minimum absolute atomic E-state index is 0.175. The lowest BCUT2D eigenvalue weighted by molar-refractivity contribution is -0.183. The summed E-state index contributed by atoms with van der Waals surface area (Å²) in [5.74, 6) is -0.0491. The molecule has 2 aliphatic rings. The summed E-state index contributed by atoms with van der Waals surface area (Å²) in [4.78, 5) is 16.8. The van der Waals surface area contributed by atoms with Gasteiger partial charge < -0.3 is 15.0 Å². The molecule has 0 spiro atoms. The zero-order chi connectivity index (χ0) is 24.6. The third-order valence-corrected chi connectivity index (χ3v) is 6.74. The molecule has 184 valence electrons. The number of aromatic amines is 1. The summed E-state index contributed by atoms with van der Waals surface area (Å²) in [5.41, 5.74) is 0.871. The van der Waals surface area contributed by atoms with Crippen LogP contribution in [0.2, 0.25) is 0 Å². The van der Waals surface area contributed by atoms with Gasteiger partial charge in [0, 0.05) is 18.5 Å². The van der Waals surface area contributed by atoms with Crippen molar-refractivity contribution in [3.63, 3.8) is 0 Å². The molecule has 3 unspecified atom stereocenters. The van der Waals surface area contributed by atoms with E-state index in [0.29, 0.717) is 49.3 Å². The van der Waals surface area contributed by atoms with Crippen LogP contribution in [0.25, 0.3) is 10.9 Å². The Kier molecular flexibility index (Phi) is 6.25. The topological polar surface area (TPSA) is 99.0 Å². The second-order valence-corrected chi connectivity index (χ2v) is 8.96. The van der Waals surface area contributed by atoms with Gasteiger partial charge in [0.25, 0.3) is 5.56 Å². The van der Waals surface area contributed by atoms with E-state index in [1.807, 2.05) is 0 Å². The maximum Gasteiger partial charge on any atom is 0.408 e. The molecule has 1 aromatic carbocycles. The second kappa shape index (κ2) is 9.36. The largest absolute Gasteiger partial charge is 0.408 e. The quantitative estimate of drug-likeness (QED) is 0.559. The number of aromatic nitrogens is 3. The van der Waals surface area contributed by atoms with Crippen molar-refractivity contribution >= 4 is 22.4 Å². The number of nitriles is 1. The molecule has 2 N–H and O–H groups in total. The van der Waals surface area contributed by atoms with Gasteiger partial charge in [-0.25, -0.2) is 0 Å². The molecule has 5 rings (SSSR count). The van der Waals surface area contributed by atoms with Crippen molar-refractivity contribution in [3.8, 4) is 6.07 Å².